The van der Waals surface area contributed by atoms with Crippen LogP contribution in [0.4, 0.5) is 0 Å². The lowest BCUT2D eigenvalue weighted by atomic mass is 10.2. The Morgan fingerprint density at radius 3 is 2.80 bits per heavy atom. The zero-order chi connectivity index (χ0) is 13.9. The molecule has 6 heteroatoms. The van der Waals surface area contributed by atoms with Crippen LogP contribution in [0.15, 0.2) is 41.5 Å². The topological polar surface area (TPSA) is 89.1 Å². The van der Waals surface area contributed by atoms with Crippen molar-refractivity contribution in [2.75, 3.05) is 6.54 Å². The van der Waals surface area contributed by atoms with Gasteiger partial charge in [0.1, 0.15) is 0 Å². The third-order valence-corrected chi connectivity index (χ3v) is 3.13. The van der Waals surface area contributed by atoms with Gasteiger partial charge < -0.3 is 5.73 Å². The first-order chi connectivity index (χ1) is 9.78. The molecular formula is C14H15N5O. The first-order valence-electron chi connectivity index (χ1n) is 6.50. The van der Waals surface area contributed by atoms with E-state index in [0.29, 0.717) is 12.2 Å². The Balaban J connectivity index is 2.07. The Hall–Kier alpha value is -2.47. The van der Waals surface area contributed by atoms with Crippen LogP contribution in [0.3, 0.4) is 0 Å². The normalized spacial score (nSPS) is 11.1. The minimum absolute atomic E-state index is 0.109. The van der Waals surface area contributed by atoms with E-state index in [1.807, 2.05) is 18.2 Å². The molecule has 0 aliphatic rings. The molecular weight excluding hydrogens is 254 g/mol. The largest absolute Gasteiger partial charge is 0.330 e. The Morgan fingerprint density at radius 2 is 2.05 bits per heavy atom. The summed E-state index contributed by atoms with van der Waals surface area (Å²) in [6.07, 6.45) is 4.97. The molecule has 0 amide bonds. The summed E-state index contributed by atoms with van der Waals surface area (Å²) in [6, 6.07) is 7.17. The van der Waals surface area contributed by atoms with Crippen molar-refractivity contribution in [2.45, 2.75) is 12.8 Å². The number of aryl methyl sites for hydroxylation is 1. The number of H-pyrrole nitrogens is 1. The van der Waals surface area contributed by atoms with Crippen molar-refractivity contribution in [3.8, 4) is 11.3 Å². The number of nitrogens with one attached hydrogen (secondary N) is 1. The molecule has 0 atom stereocenters. The van der Waals surface area contributed by atoms with E-state index in [4.69, 9.17) is 5.73 Å². The molecule has 0 saturated heterocycles. The number of hydrogen-bond donors (Lipinski definition) is 2. The Morgan fingerprint density at radius 1 is 1.25 bits per heavy atom. The van der Waals surface area contributed by atoms with Gasteiger partial charge in [-0.1, -0.05) is 0 Å². The second-order valence-electron chi connectivity index (χ2n) is 4.58. The zero-order valence-electron chi connectivity index (χ0n) is 10.9. The SMILES string of the molecule is NCCCc1cc(=O)n2[nH]c(-c3ccncc3)cc2n1. The highest BCUT2D eigenvalue weighted by Crippen LogP contribution is 2.17. The molecule has 0 aliphatic heterocycles. The van der Waals surface area contributed by atoms with Gasteiger partial charge in [0.25, 0.3) is 5.56 Å². The summed E-state index contributed by atoms with van der Waals surface area (Å²) in [7, 11) is 0. The summed E-state index contributed by atoms with van der Waals surface area (Å²) in [6.45, 7) is 0.594. The van der Waals surface area contributed by atoms with Crippen molar-refractivity contribution in [2.24, 2.45) is 5.73 Å². The number of nitrogens with two attached hydrogens (primary N) is 1. The van der Waals surface area contributed by atoms with Crippen LogP contribution in [0.2, 0.25) is 0 Å². The lowest BCUT2D eigenvalue weighted by Gasteiger charge is -1.99. The van der Waals surface area contributed by atoms with Gasteiger partial charge in [-0.3, -0.25) is 14.9 Å². The number of rotatable bonds is 4. The smallest absolute Gasteiger partial charge is 0.272 e. The van der Waals surface area contributed by atoms with Gasteiger partial charge in [0.2, 0.25) is 0 Å². The highest BCUT2D eigenvalue weighted by Gasteiger charge is 2.07. The average Bonchev–Trinajstić information content (AvgIpc) is 2.91. The number of pyridine rings is 1. The summed E-state index contributed by atoms with van der Waals surface area (Å²) in [5.41, 5.74) is 8.58. The standard InChI is InChI=1S/C14H15N5O/c15-5-1-2-11-8-14(20)19-13(17-11)9-12(18-19)10-3-6-16-7-4-10/h3-4,6-9,18H,1-2,5,15H2. The van der Waals surface area contributed by atoms with E-state index in [-0.39, 0.29) is 5.56 Å². The number of aromatic amines is 1. The fraction of sp³-hybridized carbons (Fsp3) is 0.214. The number of aromatic nitrogens is 4. The molecule has 3 rings (SSSR count). The van der Waals surface area contributed by atoms with E-state index in [2.05, 4.69) is 15.1 Å². The molecule has 0 saturated carbocycles. The highest BCUT2D eigenvalue weighted by atomic mass is 16.1. The third kappa shape index (κ3) is 2.33. The predicted molar refractivity (Wildman–Crippen MR) is 76.4 cm³/mol. The molecule has 3 heterocycles. The molecule has 20 heavy (non-hydrogen) atoms. The molecule has 3 aromatic heterocycles. The van der Waals surface area contributed by atoms with E-state index in [1.165, 1.54) is 4.52 Å². The highest BCUT2D eigenvalue weighted by molar-refractivity contribution is 5.63. The zero-order valence-corrected chi connectivity index (χ0v) is 10.9. The molecule has 0 spiro atoms. The monoisotopic (exact) mass is 269 g/mol. The van der Waals surface area contributed by atoms with E-state index >= 15 is 0 Å². The lowest BCUT2D eigenvalue weighted by molar-refractivity contribution is 0.796. The van der Waals surface area contributed by atoms with Crippen LogP contribution in [0.1, 0.15) is 12.1 Å². The molecule has 0 bridgehead atoms. The lowest BCUT2D eigenvalue weighted by Crippen LogP contribution is -2.16. The van der Waals surface area contributed by atoms with Gasteiger partial charge in [-0.05, 0) is 31.5 Å². The van der Waals surface area contributed by atoms with Gasteiger partial charge in [0.15, 0.2) is 5.65 Å². The predicted octanol–water partition coefficient (Wildman–Crippen LogP) is 0.976. The van der Waals surface area contributed by atoms with Crippen molar-refractivity contribution in [1.29, 1.82) is 0 Å². The second-order valence-corrected chi connectivity index (χ2v) is 4.58. The summed E-state index contributed by atoms with van der Waals surface area (Å²) in [4.78, 5) is 20.5. The van der Waals surface area contributed by atoms with E-state index < -0.39 is 0 Å². The van der Waals surface area contributed by atoms with Crippen LogP contribution in [0, 0.1) is 0 Å². The minimum atomic E-state index is -0.109. The summed E-state index contributed by atoms with van der Waals surface area (Å²) < 4.78 is 1.45. The average molecular weight is 269 g/mol. The maximum atomic E-state index is 12.1. The quantitative estimate of drug-likeness (QED) is 0.738. The fourth-order valence-electron chi connectivity index (χ4n) is 2.13. The second kappa shape index (κ2) is 5.26. The van der Waals surface area contributed by atoms with Gasteiger partial charge in [-0.25, -0.2) is 9.50 Å². The van der Waals surface area contributed by atoms with Gasteiger partial charge >= 0.3 is 0 Å². The number of hydrogen-bond acceptors (Lipinski definition) is 4. The molecule has 0 radical (unpaired) electrons. The maximum Gasteiger partial charge on any atom is 0.272 e. The molecule has 102 valence electrons. The third-order valence-electron chi connectivity index (χ3n) is 3.13. The number of nitrogens with zero attached hydrogens (tertiary/aromatic N) is 3. The first-order valence-corrected chi connectivity index (χ1v) is 6.50. The van der Waals surface area contributed by atoms with E-state index in [1.54, 1.807) is 18.5 Å². The van der Waals surface area contributed by atoms with Gasteiger partial charge in [0, 0.05) is 35.8 Å². The molecule has 0 unspecified atom stereocenters. The van der Waals surface area contributed by atoms with E-state index in [0.717, 1.165) is 29.8 Å². The van der Waals surface area contributed by atoms with Gasteiger partial charge in [0.05, 0.1) is 5.69 Å². The Kier molecular flexibility index (Phi) is 3.30. The Labute approximate surface area is 115 Å². The summed E-state index contributed by atoms with van der Waals surface area (Å²) in [5.74, 6) is 0. The van der Waals surface area contributed by atoms with Gasteiger partial charge in [-0.15, -0.1) is 0 Å². The maximum absolute atomic E-state index is 12.1. The molecule has 3 aromatic rings. The number of fused-ring (bicyclic) bond motifs is 1. The first kappa shape index (κ1) is 12.6. The molecule has 0 aliphatic carbocycles. The van der Waals surface area contributed by atoms with Crippen molar-refractivity contribution >= 4 is 5.65 Å². The minimum Gasteiger partial charge on any atom is -0.330 e. The van der Waals surface area contributed by atoms with Crippen LogP contribution in [0.25, 0.3) is 16.9 Å². The van der Waals surface area contributed by atoms with Crippen molar-refractivity contribution in [3.63, 3.8) is 0 Å². The van der Waals surface area contributed by atoms with Gasteiger partial charge in [-0.2, -0.15) is 0 Å². The van der Waals surface area contributed by atoms with Crippen LogP contribution >= 0.6 is 0 Å². The molecule has 0 fully saturated rings. The fourth-order valence-corrected chi connectivity index (χ4v) is 2.13. The van der Waals surface area contributed by atoms with E-state index in [9.17, 15) is 4.79 Å². The van der Waals surface area contributed by atoms with Crippen molar-refractivity contribution in [1.82, 2.24) is 19.6 Å². The molecule has 0 aromatic carbocycles. The van der Waals surface area contributed by atoms with Crippen LogP contribution in [0.5, 0.6) is 0 Å². The van der Waals surface area contributed by atoms with Crippen LogP contribution in [-0.4, -0.2) is 26.1 Å². The molecule has 6 nitrogen and oxygen atoms in total. The Bertz CT molecular complexity index is 775. The summed E-state index contributed by atoms with van der Waals surface area (Å²) in [5, 5.41) is 3.05. The summed E-state index contributed by atoms with van der Waals surface area (Å²) >= 11 is 0. The van der Waals surface area contributed by atoms with Crippen molar-refractivity contribution in [3.05, 3.63) is 52.7 Å². The molecule has 3 N–H and O–H groups in total. The van der Waals surface area contributed by atoms with Crippen molar-refractivity contribution < 1.29 is 0 Å². The van der Waals surface area contributed by atoms with Crippen LogP contribution < -0.4 is 11.3 Å². The van der Waals surface area contributed by atoms with Crippen LogP contribution in [-0.2, 0) is 6.42 Å².